The van der Waals surface area contributed by atoms with Crippen LogP contribution in [0.5, 0.6) is 0 Å². The predicted octanol–water partition coefficient (Wildman–Crippen LogP) is 4.63. The van der Waals surface area contributed by atoms with Gasteiger partial charge in [-0.25, -0.2) is 0 Å². The second kappa shape index (κ2) is 6.11. The zero-order valence-electron chi connectivity index (χ0n) is 10.6. The van der Waals surface area contributed by atoms with E-state index in [0.29, 0.717) is 10.5 Å². The normalized spacial score (nSPS) is 12.2. The van der Waals surface area contributed by atoms with Crippen LogP contribution >= 0.6 is 39.9 Å². The molecule has 1 aromatic carbocycles. The van der Waals surface area contributed by atoms with E-state index in [1.807, 2.05) is 43.6 Å². The van der Waals surface area contributed by atoms with Gasteiger partial charge in [0.1, 0.15) is 0 Å². The lowest BCUT2D eigenvalue weighted by molar-refractivity contribution is 0.0741. The molecule has 0 radical (unpaired) electrons. The first kappa shape index (κ1) is 14.6. The number of hydrogen-bond acceptors (Lipinski definition) is 3. The first-order valence-electron chi connectivity index (χ1n) is 5.79. The number of nitrogens with zero attached hydrogens (tertiary/aromatic N) is 1. The van der Waals surface area contributed by atoms with E-state index in [4.69, 9.17) is 0 Å². The van der Waals surface area contributed by atoms with E-state index in [0.717, 1.165) is 4.47 Å². The zero-order valence-corrected chi connectivity index (χ0v) is 13.9. The van der Waals surface area contributed by atoms with E-state index in [-0.39, 0.29) is 11.9 Å². The van der Waals surface area contributed by atoms with E-state index in [1.54, 1.807) is 22.3 Å². The van der Waals surface area contributed by atoms with Crippen LogP contribution in [0.25, 0.3) is 0 Å². The summed E-state index contributed by atoms with van der Waals surface area (Å²) in [7, 11) is 1.82. The Kier molecular flexibility index (Phi) is 4.71. The van der Waals surface area contributed by atoms with E-state index >= 15 is 0 Å². The maximum absolute atomic E-state index is 12.5. The number of amides is 1. The van der Waals surface area contributed by atoms with Gasteiger partial charge in [-0.05, 0) is 36.6 Å². The molecule has 1 aromatic heterocycles. The average Bonchev–Trinajstić information content (AvgIpc) is 2.90. The van der Waals surface area contributed by atoms with Gasteiger partial charge in [-0.15, -0.1) is 24.0 Å². The fraction of sp³-hybridized carbons (Fsp3) is 0.214. The minimum atomic E-state index is -0.0154. The molecule has 0 aliphatic carbocycles. The van der Waals surface area contributed by atoms with Crippen LogP contribution in [0, 0.1) is 0 Å². The quantitative estimate of drug-likeness (QED) is 0.795. The van der Waals surface area contributed by atoms with Gasteiger partial charge in [0.05, 0.1) is 11.6 Å². The van der Waals surface area contributed by atoms with Crippen molar-refractivity contribution in [3.63, 3.8) is 0 Å². The molecule has 1 amide bonds. The van der Waals surface area contributed by atoms with Crippen molar-refractivity contribution in [2.75, 3.05) is 7.05 Å². The standard InChI is InChI=1S/C14H14BrNOS2/c1-9(13-4-3-7-19-13)16(2)14(17)11-6-5-10(15)8-12(11)18/h3-9,18H,1-2H3. The molecule has 0 bridgehead atoms. The topological polar surface area (TPSA) is 20.3 Å². The lowest BCUT2D eigenvalue weighted by Gasteiger charge is -2.24. The monoisotopic (exact) mass is 355 g/mol. The molecule has 1 atom stereocenters. The van der Waals surface area contributed by atoms with Gasteiger partial charge < -0.3 is 4.90 Å². The summed E-state index contributed by atoms with van der Waals surface area (Å²) < 4.78 is 0.919. The highest BCUT2D eigenvalue weighted by Gasteiger charge is 2.21. The molecule has 2 nitrogen and oxygen atoms in total. The van der Waals surface area contributed by atoms with Crippen LogP contribution in [0.3, 0.4) is 0 Å². The number of hydrogen-bond donors (Lipinski definition) is 1. The summed E-state index contributed by atoms with van der Waals surface area (Å²) in [6.45, 7) is 2.03. The third-order valence-electron chi connectivity index (χ3n) is 3.05. The molecule has 100 valence electrons. The maximum Gasteiger partial charge on any atom is 0.255 e. The van der Waals surface area contributed by atoms with Gasteiger partial charge in [-0.2, -0.15) is 0 Å². The van der Waals surface area contributed by atoms with Crippen molar-refractivity contribution in [2.24, 2.45) is 0 Å². The number of rotatable bonds is 3. The van der Waals surface area contributed by atoms with Crippen molar-refractivity contribution in [2.45, 2.75) is 17.9 Å². The fourth-order valence-electron chi connectivity index (χ4n) is 1.77. The van der Waals surface area contributed by atoms with Crippen molar-refractivity contribution < 1.29 is 4.79 Å². The fourth-order valence-corrected chi connectivity index (χ4v) is 3.45. The summed E-state index contributed by atoms with van der Waals surface area (Å²) in [6, 6.07) is 9.59. The second-order valence-corrected chi connectivity index (χ2v) is 6.65. The lowest BCUT2D eigenvalue weighted by atomic mass is 10.1. The SMILES string of the molecule is CC(c1cccs1)N(C)C(=O)c1ccc(Br)cc1S. The Morgan fingerprint density at radius 1 is 1.42 bits per heavy atom. The molecule has 0 aliphatic heterocycles. The number of benzene rings is 1. The van der Waals surface area contributed by atoms with Gasteiger partial charge in [0.15, 0.2) is 0 Å². The van der Waals surface area contributed by atoms with E-state index in [2.05, 4.69) is 28.6 Å². The van der Waals surface area contributed by atoms with Crippen LogP contribution in [-0.4, -0.2) is 17.9 Å². The highest BCUT2D eigenvalue weighted by molar-refractivity contribution is 9.10. The van der Waals surface area contributed by atoms with Gasteiger partial charge >= 0.3 is 0 Å². The molecule has 0 spiro atoms. The highest BCUT2D eigenvalue weighted by atomic mass is 79.9. The molecule has 2 rings (SSSR count). The molecule has 0 saturated heterocycles. The zero-order chi connectivity index (χ0) is 14.0. The Labute approximate surface area is 131 Å². The van der Waals surface area contributed by atoms with Gasteiger partial charge in [-0.1, -0.05) is 22.0 Å². The molecule has 1 heterocycles. The van der Waals surface area contributed by atoms with Crippen LogP contribution in [0.4, 0.5) is 0 Å². The minimum absolute atomic E-state index is 0.0154. The van der Waals surface area contributed by atoms with Crippen LogP contribution in [-0.2, 0) is 0 Å². The molecule has 5 heteroatoms. The molecule has 0 saturated carbocycles. The van der Waals surface area contributed by atoms with Crippen molar-refractivity contribution in [1.82, 2.24) is 4.90 Å². The van der Waals surface area contributed by atoms with Crippen molar-refractivity contribution >= 4 is 45.8 Å². The van der Waals surface area contributed by atoms with Gasteiger partial charge in [-0.3, -0.25) is 4.79 Å². The van der Waals surface area contributed by atoms with Crippen LogP contribution in [0.2, 0.25) is 0 Å². The first-order chi connectivity index (χ1) is 9.00. The third kappa shape index (κ3) is 3.22. The predicted molar refractivity (Wildman–Crippen MR) is 86.2 cm³/mol. The number of thiophene rings is 1. The summed E-state index contributed by atoms with van der Waals surface area (Å²) >= 11 is 9.40. The van der Waals surface area contributed by atoms with Crippen LogP contribution in [0.1, 0.15) is 28.2 Å². The minimum Gasteiger partial charge on any atom is -0.334 e. The summed E-state index contributed by atoms with van der Waals surface area (Å²) in [6.07, 6.45) is 0. The van der Waals surface area contributed by atoms with Gasteiger partial charge in [0.2, 0.25) is 0 Å². The average molecular weight is 356 g/mol. The molecule has 19 heavy (non-hydrogen) atoms. The Morgan fingerprint density at radius 2 is 2.16 bits per heavy atom. The Morgan fingerprint density at radius 3 is 2.74 bits per heavy atom. The molecule has 0 N–H and O–H groups in total. The van der Waals surface area contributed by atoms with E-state index in [9.17, 15) is 4.79 Å². The molecule has 1 unspecified atom stereocenters. The van der Waals surface area contributed by atoms with Gasteiger partial charge in [0, 0.05) is 21.3 Å². The molecule has 0 fully saturated rings. The Balaban J connectivity index is 2.24. The Hall–Kier alpha value is -0.780. The Bertz CT molecular complexity index is 583. The second-order valence-electron chi connectivity index (χ2n) is 4.27. The number of halogens is 1. The lowest BCUT2D eigenvalue weighted by Crippen LogP contribution is -2.29. The highest BCUT2D eigenvalue weighted by Crippen LogP contribution is 2.27. The van der Waals surface area contributed by atoms with Crippen molar-refractivity contribution in [1.29, 1.82) is 0 Å². The summed E-state index contributed by atoms with van der Waals surface area (Å²) in [5, 5.41) is 2.02. The van der Waals surface area contributed by atoms with Crippen molar-refractivity contribution in [3.05, 3.63) is 50.6 Å². The van der Waals surface area contributed by atoms with E-state index in [1.165, 1.54) is 4.88 Å². The number of carbonyl (C=O) groups is 1. The summed E-state index contributed by atoms with van der Waals surface area (Å²) in [5.41, 5.74) is 0.623. The molecular formula is C14H14BrNOS2. The first-order valence-corrected chi connectivity index (χ1v) is 7.91. The van der Waals surface area contributed by atoms with Gasteiger partial charge in [0.25, 0.3) is 5.91 Å². The third-order valence-corrected chi connectivity index (χ3v) is 4.95. The number of carbonyl (C=O) groups excluding carboxylic acids is 1. The smallest absolute Gasteiger partial charge is 0.255 e. The van der Waals surface area contributed by atoms with Crippen molar-refractivity contribution in [3.8, 4) is 0 Å². The molecular weight excluding hydrogens is 342 g/mol. The number of thiol groups is 1. The van der Waals surface area contributed by atoms with E-state index < -0.39 is 0 Å². The molecule has 0 aliphatic rings. The largest absolute Gasteiger partial charge is 0.334 e. The summed E-state index contributed by atoms with van der Waals surface area (Å²) in [5.74, 6) is -0.0154. The van der Waals surface area contributed by atoms with Crippen LogP contribution < -0.4 is 0 Å². The maximum atomic E-state index is 12.5. The molecule has 2 aromatic rings. The van der Waals surface area contributed by atoms with Crippen LogP contribution in [0.15, 0.2) is 45.1 Å². The summed E-state index contributed by atoms with van der Waals surface area (Å²) in [4.78, 5) is 16.1.